The maximum Gasteiger partial charge on any atom is 0.149 e. The molecule has 2 aromatic rings. The molecule has 2 rings (SSSR count). The van der Waals surface area contributed by atoms with Crippen molar-refractivity contribution in [3.8, 4) is 0 Å². The minimum absolute atomic E-state index is 0.0844. The van der Waals surface area contributed by atoms with Gasteiger partial charge in [0, 0.05) is 6.61 Å². The summed E-state index contributed by atoms with van der Waals surface area (Å²) in [6, 6.07) is 10.1. The van der Waals surface area contributed by atoms with Crippen molar-refractivity contribution in [1.82, 2.24) is 9.97 Å². The van der Waals surface area contributed by atoms with Crippen molar-refractivity contribution in [3.05, 3.63) is 53.4 Å². The molecule has 0 aliphatic rings. The zero-order valence-electron chi connectivity index (χ0n) is 10.5. The molecule has 2 N–H and O–H groups in total. The van der Waals surface area contributed by atoms with E-state index in [1.54, 1.807) is 6.20 Å². The molecule has 19 heavy (non-hydrogen) atoms. The molecular weight excluding hydrogens is 262 g/mol. The van der Waals surface area contributed by atoms with Crippen molar-refractivity contribution in [1.29, 1.82) is 0 Å². The molecule has 1 unspecified atom stereocenters. The van der Waals surface area contributed by atoms with Gasteiger partial charge >= 0.3 is 0 Å². The first kappa shape index (κ1) is 13.8. The number of nitrogens with one attached hydrogen (secondary N) is 1. The summed E-state index contributed by atoms with van der Waals surface area (Å²) in [7, 11) is 0. The van der Waals surface area contributed by atoms with Gasteiger partial charge in [0.25, 0.3) is 0 Å². The largest absolute Gasteiger partial charge is 0.396 e. The topological polar surface area (TPSA) is 58.0 Å². The molecule has 0 saturated carbocycles. The molecule has 0 radical (unpaired) electrons. The lowest BCUT2D eigenvalue weighted by Crippen LogP contribution is -2.12. The Morgan fingerprint density at radius 1 is 1.21 bits per heavy atom. The van der Waals surface area contributed by atoms with E-state index in [1.165, 1.54) is 6.20 Å². The van der Waals surface area contributed by atoms with Crippen LogP contribution in [0, 0.1) is 0 Å². The number of hydrogen-bond acceptors (Lipinski definition) is 4. The molecule has 0 amide bonds. The highest BCUT2D eigenvalue weighted by atomic mass is 35.5. The van der Waals surface area contributed by atoms with Crippen LogP contribution in [0.5, 0.6) is 0 Å². The van der Waals surface area contributed by atoms with Gasteiger partial charge in [-0.1, -0.05) is 41.9 Å². The van der Waals surface area contributed by atoms with Gasteiger partial charge in [-0.15, -0.1) is 0 Å². The molecule has 1 atom stereocenters. The summed E-state index contributed by atoms with van der Waals surface area (Å²) in [5.41, 5.74) is 1.15. The van der Waals surface area contributed by atoms with Gasteiger partial charge in [0.2, 0.25) is 0 Å². The van der Waals surface area contributed by atoms with Crippen LogP contribution in [-0.2, 0) is 0 Å². The van der Waals surface area contributed by atoms with Crippen molar-refractivity contribution in [2.75, 3.05) is 11.9 Å². The van der Waals surface area contributed by atoms with Crippen molar-refractivity contribution in [2.24, 2.45) is 0 Å². The van der Waals surface area contributed by atoms with E-state index >= 15 is 0 Å². The van der Waals surface area contributed by atoms with E-state index in [2.05, 4.69) is 15.3 Å². The van der Waals surface area contributed by atoms with E-state index in [0.717, 1.165) is 18.4 Å². The van der Waals surface area contributed by atoms with Crippen LogP contribution in [0.3, 0.4) is 0 Å². The molecule has 1 aromatic heterocycles. The Bertz CT molecular complexity index is 507. The average Bonchev–Trinajstić information content (AvgIpc) is 2.44. The van der Waals surface area contributed by atoms with Crippen LogP contribution in [0.4, 0.5) is 5.82 Å². The van der Waals surface area contributed by atoms with Crippen LogP contribution in [0.25, 0.3) is 0 Å². The lowest BCUT2D eigenvalue weighted by molar-refractivity contribution is 0.281. The quantitative estimate of drug-likeness (QED) is 0.852. The molecule has 5 heteroatoms. The summed E-state index contributed by atoms with van der Waals surface area (Å²) in [6.45, 7) is 0.173. The predicted molar refractivity (Wildman–Crippen MR) is 76.2 cm³/mol. The molecule has 0 fully saturated rings. The highest BCUT2D eigenvalue weighted by Crippen LogP contribution is 2.23. The zero-order chi connectivity index (χ0) is 13.5. The third-order valence-corrected chi connectivity index (χ3v) is 2.96. The van der Waals surface area contributed by atoms with Crippen molar-refractivity contribution < 1.29 is 5.11 Å². The molecule has 4 nitrogen and oxygen atoms in total. The van der Waals surface area contributed by atoms with Gasteiger partial charge in [0.1, 0.15) is 11.0 Å². The smallest absolute Gasteiger partial charge is 0.149 e. The number of anilines is 1. The Balaban J connectivity index is 2.14. The highest BCUT2D eigenvalue weighted by Gasteiger charge is 2.11. The zero-order valence-corrected chi connectivity index (χ0v) is 11.2. The Morgan fingerprint density at radius 3 is 2.68 bits per heavy atom. The number of aliphatic hydroxyl groups is 1. The highest BCUT2D eigenvalue weighted by molar-refractivity contribution is 6.29. The van der Waals surface area contributed by atoms with E-state index in [9.17, 15) is 0 Å². The van der Waals surface area contributed by atoms with Gasteiger partial charge in [0.15, 0.2) is 0 Å². The molecule has 0 aliphatic carbocycles. The molecule has 0 saturated heterocycles. The minimum atomic E-state index is 0.0844. The van der Waals surface area contributed by atoms with E-state index < -0.39 is 0 Å². The van der Waals surface area contributed by atoms with Gasteiger partial charge in [-0.3, -0.25) is 4.98 Å². The molecule has 1 aromatic carbocycles. The van der Waals surface area contributed by atoms with Crippen LogP contribution in [0.2, 0.25) is 5.15 Å². The fourth-order valence-corrected chi connectivity index (χ4v) is 2.04. The SMILES string of the molecule is OCCCC(Nc1cncc(Cl)n1)c1ccccc1. The van der Waals surface area contributed by atoms with E-state index in [4.69, 9.17) is 16.7 Å². The summed E-state index contributed by atoms with van der Waals surface area (Å²) in [6.07, 6.45) is 4.67. The van der Waals surface area contributed by atoms with E-state index in [-0.39, 0.29) is 12.6 Å². The summed E-state index contributed by atoms with van der Waals surface area (Å²) < 4.78 is 0. The first-order valence-corrected chi connectivity index (χ1v) is 6.57. The summed E-state index contributed by atoms with van der Waals surface area (Å²) in [4.78, 5) is 8.18. The lowest BCUT2D eigenvalue weighted by Gasteiger charge is -2.19. The molecule has 0 aliphatic heterocycles. The Labute approximate surface area is 117 Å². The van der Waals surface area contributed by atoms with Crippen LogP contribution in [-0.4, -0.2) is 21.7 Å². The molecule has 0 spiro atoms. The number of benzene rings is 1. The van der Waals surface area contributed by atoms with Crippen LogP contribution >= 0.6 is 11.6 Å². The summed E-state index contributed by atoms with van der Waals surface area (Å²) >= 11 is 5.83. The van der Waals surface area contributed by atoms with Crippen molar-refractivity contribution >= 4 is 17.4 Å². The van der Waals surface area contributed by atoms with Gasteiger partial charge < -0.3 is 10.4 Å². The van der Waals surface area contributed by atoms with Gasteiger partial charge in [-0.25, -0.2) is 4.98 Å². The fourth-order valence-electron chi connectivity index (χ4n) is 1.89. The lowest BCUT2D eigenvalue weighted by atomic mass is 10.0. The van der Waals surface area contributed by atoms with Crippen LogP contribution in [0.15, 0.2) is 42.7 Å². The number of rotatable bonds is 6. The third kappa shape index (κ3) is 4.19. The summed E-state index contributed by atoms with van der Waals surface area (Å²) in [5.74, 6) is 0.638. The Morgan fingerprint density at radius 2 is 2.00 bits per heavy atom. The third-order valence-electron chi connectivity index (χ3n) is 2.78. The molecule has 100 valence electrons. The summed E-state index contributed by atoms with van der Waals surface area (Å²) in [5, 5.41) is 12.7. The van der Waals surface area contributed by atoms with Crippen LogP contribution in [0.1, 0.15) is 24.4 Å². The monoisotopic (exact) mass is 277 g/mol. The standard InChI is InChI=1S/C14H16ClN3O/c15-13-9-16-10-14(18-13)17-12(7-4-8-19)11-5-2-1-3-6-11/h1-3,5-6,9-10,12,19H,4,7-8H2,(H,17,18). The number of hydrogen-bond donors (Lipinski definition) is 2. The van der Waals surface area contributed by atoms with Gasteiger partial charge in [-0.05, 0) is 18.4 Å². The maximum atomic E-state index is 9.00. The van der Waals surface area contributed by atoms with Gasteiger partial charge in [-0.2, -0.15) is 0 Å². The van der Waals surface area contributed by atoms with E-state index in [1.807, 2.05) is 30.3 Å². The second-order valence-electron chi connectivity index (χ2n) is 4.20. The molecule has 0 bridgehead atoms. The second-order valence-corrected chi connectivity index (χ2v) is 4.59. The predicted octanol–water partition coefficient (Wildman–Crippen LogP) is 3.06. The Kier molecular flexibility index (Phi) is 5.12. The first-order valence-electron chi connectivity index (χ1n) is 6.19. The second kappa shape index (κ2) is 7.07. The average molecular weight is 278 g/mol. The molecular formula is C14H16ClN3O. The maximum absolute atomic E-state index is 9.00. The Hall–Kier alpha value is -1.65. The fraction of sp³-hybridized carbons (Fsp3) is 0.286. The number of aromatic nitrogens is 2. The van der Waals surface area contributed by atoms with Gasteiger partial charge in [0.05, 0.1) is 18.4 Å². The minimum Gasteiger partial charge on any atom is -0.396 e. The van der Waals surface area contributed by atoms with E-state index in [0.29, 0.717) is 11.0 Å². The normalized spacial score (nSPS) is 12.1. The number of aliphatic hydroxyl groups excluding tert-OH is 1. The van der Waals surface area contributed by atoms with Crippen molar-refractivity contribution in [3.63, 3.8) is 0 Å². The van der Waals surface area contributed by atoms with Crippen LogP contribution < -0.4 is 5.32 Å². The first-order chi connectivity index (χ1) is 9.29. The number of nitrogens with zero attached hydrogens (tertiary/aromatic N) is 2. The number of halogens is 1. The van der Waals surface area contributed by atoms with Crippen molar-refractivity contribution in [2.45, 2.75) is 18.9 Å². The molecule has 1 heterocycles.